The topological polar surface area (TPSA) is 50.4 Å². The summed E-state index contributed by atoms with van der Waals surface area (Å²) in [6, 6.07) is -0.731. The van der Waals surface area contributed by atoms with Crippen molar-refractivity contribution < 1.29 is 22.7 Å². The molecule has 0 aromatic carbocycles. The summed E-state index contributed by atoms with van der Waals surface area (Å²) < 4.78 is 41.2. The van der Waals surface area contributed by atoms with E-state index in [1.807, 2.05) is 12.2 Å². The van der Waals surface area contributed by atoms with Gasteiger partial charge in [-0.05, 0) is 26.7 Å². The SMILES string of the molecule is CC(NC(C)C1CCCO1)C(=O)NCC(F)(F)F. The highest BCUT2D eigenvalue weighted by atomic mass is 19.4. The average molecular weight is 268 g/mol. The Morgan fingerprint density at radius 3 is 2.61 bits per heavy atom. The lowest BCUT2D eigenvalue weighted by molar-refractivity contribution is -0.139. The number of nitrogens with one attached hydrogen (secondary N) is 2. The number of halogens is 3. The summed E-state index contributed by atoms with van der Waals surface area (Å²) in [5.41, 5.74) is 0. The molecule has 0 aliphatic carbocycles. The molecule has 0 spiro atoms. The lowest BCUT2D eigenvalue weighted by atomic mass is 10.1. The Morgan fingerprint density at radius 2 is 2.11 bits per heavy atom. The van der Waals surface area contributed by atoms with E-state index in [0.717, 1.165) is 12.8 Å². The second-order valence-corrected chi connectivity index (χ2v) is 4.56. The summed E-state index contributed by atoms with van der Waals surface area (Å²) in [7, 11) is 0. The molecule has 0 aromatic rings. The van der Waals surface area contributed by atoms with Crippen molar-refractivity contribution >= 4 is 5.91 Å². The van der Waals surface area contributed by atoms with Crippen LogP contribution < -0.4 is 10.6 Å². The first kappa shape index (κ1) is 15.2. The first-order valence-corrected chi connectivity index (χ1v) is 6.01. The van der Waals surface area contributed by atoms with E-state index in [2.05, 4.69) is 5.32 Å². The number of carbonyl (C=O) groups excluding carboxylic acids is 1. The zero-order valence-corrected chi connectivity index (χ0v) is 10.5. The Hall–Kier alpha value is -0.820. The number of ether oxygens (including phenoxy) is 1. The molecule has 1 heterocycles. The molecule has 0 aromatic heterocycles. The molecule has 0 bridgehead atoms. The second kappa shape index (κ2) is 6.38. The molecule has 1 rings (SSSR count). The van der Waals surface area contributed by atoms with E-state index in [1.54, 1.807) is 0 Å². The van der Waals surface area contributed by atoms with E-state index in [4.69, 9.17) is 4.74 Å². The summed E-state index contributed by atoms with van der Waals surface area (Å²) in [5.74, 6) is -0.655. The summed E-state index contributed by atoms with van der Waals surface area (Å²) >= 11 is 0. The number of amides is 1. The van der Waals surface area contributed by atoms with E-state index >= 15 is 0 Å². The van der Waals surface area contributed by atoms with Crippen LogP contribution in [-0.2, 0) is 9.53 Å². The van der Waals surface area contributed by atoms with E-state index < -0.39 is 24.7 Å². The maximum Gasteiger partial charge on any atom is 0.405 e. The van der Waals surface area contributed by atoms with Crippen molar-refractivity contribution in [1.29, 1.82) is 0 Å². The number of carbonyl (C=O) groups is 1. The van der Waals surface area contributed by atoms with Gasteiger partial charge in [-0.15, -0.1) is 0 Å². The predicted octanol–water partition coefficient (Wildman–Crippen LogP) is 1.21. The largest absolute Gasteiger partial charge is 0.405 e. The van der Waals surface area contributed by atoms with Crippen molar-refractivity contribution in [1.82, 2.24) is 10.6 Å². The molecule has 106 valence electrons. The van der Waals surface area contributed by atoms with Crippen LogP contribution in [0.5, 0.6) is 0 Å². The van der Waals surface area contributed by atoms with E-state index in [1.165, 1.54) is 6.92 Å². The molecule has 1 aliphatic rings. The summed E-state index contributed by atoms with van der Waals surface area (Å²) in [5, 5.41) is 4.80. The fraction of sp³-hybridized carbons (Fsp3) is 0.909. The average Bonchev–Trinajstić information content (AvgIpc) is 2.77. The minimum Gasteiger partial charge on any atom is -0.377 e. The van der Waals surface area contributed by atoms with Gasteiger partial charge in [0.25, 0.3) is 0 Å². The summed E-state index contributed by atoms with van der Waals surface area (Å²) in [6.07, 6.45) is -2.46. The van der Waals surface area contributed by atoms with Crippen molar-refractivity contribution in [3.63, 3.8) is 0 Å². The van der Waals surface area contributed by atoms with Crippen LogP contribution in [0.3, 0.4) is 0 Å². The van der Waals surface area contributed by atoms with Crippen molar-refractivity contribution in [3.05, 3.63) is 0 Å². The molecule has 1 saturated heterocycles. The standard InChI is InChI=1S/C11H19F3N2O2/c1-7(9-4-3-5-18-9)16-8(2)10(17)15-6-11(12,13)14/h7-9,16H,3-6H2,1-2H3,(H,15,17). The maximum atomic E-state index is 11.9. The molecular formula is C11H19F3N2O2. The lowest BCUT2D eigenvalue weighted by Crippen LogP contribution is -2.50. The summed E-state index contributed by atoms with van der Waals surface area (Å²) in [4.78, 5) is 11.4. The van der Waals surface area contributed by atoms with Crippen LogP contribution in [0.1, 0.15) is 26.7 Å². The van der Waals surface area contributed by atoms with Gasteiger partial charge in [0.15, 0.2) is 0 Å². The Kier molecular flexibility index (Phi) is 5.40. The zero-order chi connectivity index (χ0) is 13.8. The third-order valence-electron chi connectivity index (χ3n) is 2.89. The first-order valence-electron chi connectivity index (χ1n) is 6.01. The molecule has 2 N–H and O–H groups in total. The number of rotatable bonds is 5. The Balaban J connectivity index is 2.30. The highest BCUT2D eigenvalue weighted by molar-refractivity contribution is 5.81. The minimum absolute atomic E-state index is 0.0304. The quantitative estimate of drug-likeness (QED) is 0.788. The smallest absolute Gasteiger partial charge is 0.377 e. The van der Waals surface area contributed by atoms with Crippen molar-refractivity contribution in [2.45, 2.75) is 51.1 Å². The minimum atomic E-state index is -4.38. The van der Waals surface area contributed by atoms with Crippen LogP contribution in [0.15, 0.2) is 0 Å². The molecular weight excluding hydrogens is 249 g/mol. The molecule has 3 unspecified atom stereocenters. The van der Waals surface area contributed by atoms with Gasteiger partial charge >= 0.3 is 6.18 Å². The van der Waals surface area contributed by atoms with Crippen LogP contribution in [0.4, 0.5) is 13.2 Å². The Bertz CT molecular complexity index is 278. The Labute approximate surface area is 104 Å². The highest BCUT2D eigenvalue weighted by Gasteiger charge is 2.30. The normalized spacial score (nSPS) is 23.7. The van der Waals surface area contributed by atoms with Crippen LogP contribution >= 0.6 is 0 Å². The fourth-order valence-electron chi connectivity index (χ4n) is 1.91. The van der Waals surface area contributed by atoms with E-state index in [0.29, 0.717) is 6.61 Å². The highest BCUT2D eigenvalue weighted by Crippen LogP contribution is 2.16. The second-order valence-electron chi connectivity index (χ2n) is 4.56. The molecule has 0 saturated carbocycles. The maximum absolute atomic E-state index is 11.9. The third-order valence-corrected chi connectivity index (χ3v) is 2.89. The molecule has 4 nitrogen and oxygen atoms in total. The van der Waals surface area contributed by atoms with Gasteiger partial charge < -0.3 is 15.4 Å². The molecule has 1 aliphatic heterocycles. The number of hydrogen-bond donors (Lipinski definition) is 2. The number of hydrogen-bond acceptors (Lipinski definition) is 3. The molecule has 0 radical (unpaired) electrons. The van der Waals surface area contributed by atoms with Gasteiger partial charge in [0.05, 0.1) is 12.1 Å². The molecule has 1 fully saturated rings. The number of alkyl halides is 3. The predicted molar refractivity (Wildman–Crippen MR) is 60.1 cm³/mol. The summed E-state index contributed by atoms with van der Waals surface area (Å²) in [6.45, 7) is 2.80. The van der Waals surface area contributed by atoms with Gasteiger partial charge in [-0.3, -0.25) is 4.79 Å². The van der Waals surface area contributed by atoms with Gasteiger partial charge in [-0.1, -0.05) is 0 Å². The first-order chi connectivity index (χ1) is 8.29. The van der Waals surface area contributed by atoms with Crippen molar-refractivity contribution in [2.75, 3.05) is 13.2 Å². The monoisotopic (exact) mass is 268 g/mol. The van der Waals surface area contributed by atoms with Crippen LogP contribution in [0.2, 0.25) is 0 Å². The molecule has 18 heavy (non-hydrogen) atoms. The van der Waals surface area contributed by atoms with E-state index in [9.17, 15) is 18.0 Å². The van der Waals surface area contributed by atoms with Crippen molar-refractivity contribution in [3.8, 4) is 0 Å². The van der Waals surface area contributed by atoms with E-state index in [-0.39, 0.29) is 12.1 Å². The third kappa shape index (κ3) is 5.22. The van der Waals surface area contributed by atoms with Gasteiger partial charge in [0.2, 0.25) is 5.91 Å². The van der Waals surface area contributed by atoms with Gasteiger partial charge in [0, 0.05) is 12.6 Å². The van der Waals surface area contributed by atoms with Crippen LogP contribution in [-0.4, -0.2) is 43.4 Å². The fourth-order valence-corrected chi connectivity index (χ4v) is 1.91. The molecule has 1 amide bonds. The van der Waals surface area contributed by atoms with Crippen LogP contribution in [0.25, 0.3) is 0 Å². The van der Waals surface area contributed by atoms with Crippen molar-refractivity contribution in [2.24, 2.45) is 0 Å². The van der Waals surface area contributed by atoms with Gasteiger partial charge in [-0.25, -0.2) is 0 Å². The zero-order valence-electron chi connectivity index (χ0n) is 10.5. The molecule has 3 atom stereocenters. The van der Waals surface area contributed by atoms with Gasteiger partial charge in [-0.2, -0.15) is 13.2 Å². The molecule has 7 heteroatoms. The van der Waals surface area contributed by atoms with Crippen LogP contribution in [0, 0.1) is 0 Å². The van der Waals surface area contributed by atoms with Gasteiger partial charge in [0.1, 0.15) is 6.54 Å². The lowest BCUT2D eigenvalue weighted by Gasteiger charge is -2.24. The Morgan fingerprint density at radius 1 is 1.44 bits per heavy atom.